The second-order valence-corrected chi connectivity index (χ2v) is 14.4. The van der Waals surface area contributed by atoms with Crippen LogP contribution in [0.25, 0.3) is 22.0 Å². The van der Waals surface area contributed by atoms with Crippen molar-refractivity contribution in [3.05, 3.63) is 76.7 Å². The predicted octanol–water partition coefficient (Wildman–Crippen LogP) is 4.75. The second-order valence-electron chi connectivity index (χ2n) is 14.4. The quantitative estimate of drug-likeness (QED) is 0.158. The number of H-pyrrole nitrogens is 2. The van der Waals surface area contributed by atoms with Crippen LogP contribution in [0.2, 0.25) is 0 Å². The third-order valence-corrected chi connectivity index (χ3v) is 9.44. The molecule has 1 aliphatic heterocycles. The molecule has 1 atom stereocenters. The van der Waals surface area contributed by atoms with E-state index in [0.29, 0.717) is 49.2 Å². The maximum absolute atomic E-state index is 13.7. The molecule has 3 heterocycles. The van der Waals surface area contributed by atoms with Crippen molar-refractivity contribution in [3.63, 3.8) is 0 Å². The number of fused-ring (bicyclic) bond motifs is 1. The Morgan fingerprint density at radius 2 is 1.69 bits per heavy atom. The van der Waals surface area contributed by atoms with Gasteiger partial charge in [0.05, 0.1) is 24.1 Å². The van der Waals surface area contributed by atoms with E-state index in [1.165, 1.54) is 0 Å². The van der Waals surface area contributed by atoms with Crippen molar-refractivity contribution < 1.29 is 23.9 Å². The predicted molar refractivity (Wildman–Crippen MR) is 196 cm³/mol. The highest BCUT2D eigenvalue weighted by Crippen LogP contribution is 2.29. The lowest BCUT2D eigenvalue weighted by Gasteiger charge is -2.29. The number of carbonyl (C=O) groups excluding carboxylic acids is 3. The number of alkyl carbamates (subject to hydrolysis) is 1. The Hall–Kier alpha value is -5.17. The molecule has 0 unspecified atom stereocenters. The van der Waals surface area contributed by atoms with Crippen molar-refractivity contribution in [3.8, 4) is 11.1 Å². The van der Waals surface area contributed by atoms with Crippen molar-refractivity contribution in [1.29, 1.82) is 0 Å². The van der Waals surface area contributed by atoms with Crippen molar-refractivity contribution in [2.45, 2.75) is 64.5 Å². The molecule has 3 amide bonds. The first kappa shape index (κ1) is 35.6. The van der Waals surface area contributed by atoms with Gasteiger partial charge in [-0.2, -0.15) is 0 Å². The number of hydrogen-bond acceptors (Lipinski definition) is 8. The van der Waals surface area contributed by atoms with Crippen LogP contribution in [0.4, 0.5) is 16.3 Å². The fraction of sp³-hybridized carbons (Fsp3) is 0.447. The molecule has 0 spiro atoms. The van der Waals surface area contributed by atoms with Crippen LogP contribution in [0.3, 0.4) is 0 Å². The summed E-state index contributed by atoms with van der Waals surface area (Å²) in [4.78, 5) is 58.3. The Labute approximate surface area is 296 Å². The van der Waals surface area contributed by atoms with Gasteiger partial charge in [0.25, 0.3) is 5.56 Å². The lowest BCUT2D eigenvalue weighted by Crippen LogP contribution is -2.48. The number of hydrogen-bond donors (Lipinski definition) is 5. The summed E-state index contributed by atoms with van der Waals surface area (Å²) in [7, 11) is 0. The van der Waals surface area contributed by atoms with E-state index in [2.05, 4.69) is 42.1 Å². The van der Waals surface area contributed by atoms with Gasteiger partial charge in [0.2, 0.25) is 11.8 Å². The monoisotopic (exact) mass is 697 g/mol. The van der Waals surface area contributed by atoms with Gasteiger partial charge >= 0.3 is 6.09 Å². The van der Waals surface area contributed by atoms with Crippen molar-refractivity contribution in [2.75, 3.05) is 43.1 Å². The van der Waals surface area contributed by atoms with Crippen LogP contribution < -0.4 is 26.4 Å². The fourth-order valence-corrected chi connectivity index (χ4v) is 6.62. The van der Waals surface area contributed by atoms with Crippen LogP contribution in [-0.4, -0.2) is 77.6 Å². The van der Waals surface area contributed by atoms with E-state index in [1.807, 2.05) is 57.3 Å². The van der Waals surface area contributed by atoms with Crippen LogP contribution in [0.1, 0.15) is 52.0 Å². The third-order valence-electron chi connectivity index (χ3n) is 9.44. The number of carbonyl (C=O) groups is 3. The van der Waals surface area contributed by atoms with Gasteiger partial charge in [0.15, 0.2) is 0 Å². The molecule has 6 rings (SSSR count). The summed E-state index contributed by atoms with van der Waals surface area (Å²) in [6, 6.07) is 16.2. The van der Waals surface area contributed by atoms with Crippen molar-refractivity contribution in [1.82, 2.24) is 25.8 Å². The highest BCUT2D eigenvalue weighted by Gasteiger charge is 2.30. The summed E-state index contributed by atoms with van der Waals surface area (Å²) in [6.07, 6.45) is 4.59. The number of morpholine rings is 1. The minimum atomic E-state index is -0.842. The van der Waals surface area contributed by atoms with Gasteiger partial charge < -0.3 is 30.3 Å². The molecule has 270 valence electrons. The molecule has 2 aromatic carbocycles. The summed E-state index contributed by atoms with van der Waals surface area (Å²) < 4.78 is 10.8. The van der Waals surface area contributed by atoms with Crippen LogP contribution in [0, 0.1) is 11.8 Å². The molecule has 13 nitrogen and oxygen atoms in total. The number of anilines is 2. The normalized spacial score (nSPS) is 18.5. The molecule has 2 aliphatic rings. The first-order valence-corrected chi connectivity index (χ1v) is 17.7. The van der Waals surface area contributed by atoms with Crippen molar-refractivity contribution >= 4 is 40.3 Å². The number of aromatic nitrogens is 3. The average Bonchev–Trinajstić information content (AvgIpc) is 3.50. The van der Waals surface area contributed by atoms with Crippen molar-refractivity contribution in [2.24, 2.45) is 11.8 Å². The lowest BCUT2D eigenvalue weighted by molar-refractivity contribution is -0.130. The molecule has 2 aromatic heterocycles. The van der Waals surface area contributed by atoms with Gasteiger partial charge in [-0.15, -0.1) is 0 Å². The Morgan fingerprint density at radius 3 is 2.37 bits per heavy atom. The van der Waals surface area contributed by atoms with Gasteiger partial charge in [0.1, 0.15) is 17.5 Å². The molecule has 13 heteroatoms. The highest BCUT2D eigenvalue weighted by atomic mass is 16.6. The van der Waals surface area contributed by atoms with E-state index in [-0.39, 0.29) is 35.6 Å². The molecule has 0 bridgehead atoms. The lowest BCUT2D eigenvalue weighted by atomic mass is 9.81. The smallest absolute Gasteiger partial charge is 0.407 e. The molecular formula is C38H47N7O6. The number of aromatic amines is 2. The molecule has 2 fully saturated rings. The number of rotatable bonds is 10. The zero-order valence-electron chi connectivity index (χ0n) is 29.4. The van der Waals surface area contributed by atoms with Crippen LogP contribution in [0.15, 0.2) is 65.6 Å². The SMILES string of the molecule is CC(C)(C)OC(=O)NCC1CCC(C(=O)N[C@@H](Cc2ccc(-c3ccc(N4CCOCC4)nc3)cc2)C(=O)Nc2ccc3c(=O)[nH][nH]c3c2)CC1. The second kappa shape index (κ2) is 15.8. The van der Waals surface area contributed by atoms with Gasteiger partial charge in [-0.1, -0.05) is 24.3 Å². The molecule has 1 aliphatic carbocycles. The van der Waals surface area contributed by atoms with E-state index < -0.39 is 17.7 Å². The Bertz CT molecular complexity index is 1870. The van der Waals surface area contributed by atoms with E-state index in [4.69, 9.17) is 9.47 Å². The average molecular weight is 698 g/mol. The van der Waals surface area contributed by atoms with E-state index in [0.717, 1.165) is 48.4 Å². The van der Waals surface area contributed by atoms with Gasteiger partial charge in [-0.05, 0) is 93.8 Å². The molecule has 0 radical (unpaired) electrons. The number of nitrogens with zero attached hydrogens (tertiary/aromatic N) is 2. The first-order chi connectivity index (χ1) is 24.5. The standard InChI is InChI=1S/C38H47N7O6/c1-38(2,3)51-37(49)40-22-25-6-10-27(11-7-25)34(46)42-32(36(48)41-29-13-14-30-31(21-29)43-44-35(30)47)20-24-4-8-26(9-5-24)28-12-15-33(39-23-28)45-16-18-50-19-17-45/h4-5,8-9,12-15,21,23,25,27,32H,6-7,10-11,16-20,22H2,1-3H3,(H,40,49)(H,41,48)(H,42,46)(H2,43,44,47)/t25?,27?,32-/m0/s1. The maximum Gasteiger partial charge on any atom is 0.407 e. The third kappa shape index (κ3) is 9.54. The van der Waals surface area contributed by atoms with E-state index in [1.54, 1.807) is 18.2 Å². The van der Waals surface area contributed by atoms with Gasteiger partial charge in [-0.25, -0.2) is 9.78 Å². The molecule has 1 saturated carbocycles. The molecule has 51 heavy (non-hydrogen) atoms. The van der Waals surface area contributed by atoms with Gasteiger partial charge in [0, 0.05) is 49.4 Å². The van der Waals surface area contributed by atoms with E-state index >= 15 is 0 Å². The minimum Gasteiger partial charge on any atom is -0.444 e. The number of nitrogens with one attached hydrogen (secondary N) is 5. The Balaban J connectivity index is 1.10. The highest BCUT2D eigenvalue weighted by molar-refractivity contribution is 5.99. The largest absolute Gasteiger partial charge is 0.444 e. The van der Waals surface area contributed by atoms with Crippen LogP contribution >= 0.6 is 0 Å². The number of amides is 3. The van der Waals surface area contributed by atoms with Crippen LogP contribution in [0.5, 0.6) is 0 Å². The zero-order chi connectivity index (χ0) is 36.0. The molecular weight excluding hydrogens is 650 g/mol. The Morgan fingerprint density at radius 1 is 0.961 bits per heavy atom. The van der Waals surface area contributed by atoms with Crippen LogP contribution in [-0.2, 0) is 25.5 Å². The summed E-state index contributed by atoms with van der Waals surface area (Å²) in [6.45, 7) is 9.01. The molecule has 1 saturated heterocycles. The summed E-state index contributed by atoms with van der Waals surface area (Å²) in [5.41, 5.74) is 3.14. The number of ether oxygens (including phenoxy) is 2. The maximum atomic E-state index is 13.7. The Kier molecular flexibility index (Phi) is 11.0. The summed E-state index contributed by atoms with van der Waals surface area (Å²) in [5.74, 6) is 0.413. The first-order valence-electron chi connectivity index (χ1n) is 17.7. The molecule has 4 aromatic rings. The van der Waals surface area contributed by atoms with E-state index in [9.17, 15) is 19.2 Å². The topological polar surface area (TPSA) is 171 Å². The zero-order valence-corrected chi connectivity index (χ0v) is 29.4. The summed E-state index contributed by atoms with van der Waals surface area (Å²) in [5, 5.41) is 14.7. The molecule has 5 N–H and O–H groups in total. The minimum absolute atomic E-state index is 0.165. The number of benzene rings is 2. The fourth-order valence-electron chi connectivity index (χ4n) is 6.62. The van der Waals surface area contributed by atoms with Gasteiger partial charge in [-0.3, -0.25) is 24.6 Å². The number of pyridine rings is 1. The summed E-state index contributed by atoms with van der Waals surface area (Å²) >= 11 is 0.